The third-order valence-corrected chi connectivity index (χ3v) is 3.43. The van der Waals surface area contributed by atoms with Crippen LogP contribution in [0.1, 0.15) is 36.9 Å². The summed E-state index contributed by atoms with van der Waals surface area (Å²) in [6, 6.07) is 0. The Morgan fingerprint density at radius 1 is 1.50 bits per heavy atom. The van der Waals surface area contributed by atoms with Gasteiger partial charge in [0.2, 0.25) is 0 Å². The Labute approximate surface area is 112 Å². The molecule has 0 aromatic carbocycles. The fraction of sp³-hybridized carbons (Fsp3) is 0.583. The van der Waals surface area contributed by atoms with Gasteiger partial charge in [0, 0.05) is 13.6 Å². The predicted octanol–water partition coefficient (Wildman–Crippen LogP) is 2.30. The molecule has 0 aliphatic carbocycles. The number of anilines is 2. The molecule has 0 aliphatic heterocycles. The zero-order chi connectivity index (χ0) is 13.7. The molecule has 0 bridgehead atoms. The van der Waals surface area contributed by atoms with Crippen LogP contribution in [0, 0.1) is 0 Å². The Morgan fingerprint density at radius 2 is 2.17 bits per heavy atom. The number of hydrogen-bond donors (Lipinski definition) is 3. The fourth-order valence-corrected chi connectivity index (χ4v) is 2.36. The van der Waals surface area contributed by atoms with E-state index in [1.54, 1.807) is 7.05 Å². The van der Waals surface area contributed by atoms with E-state index in [1.165, 1.54) is 11.3 Å². The number of nitrogens with one attached hydrogen (secondary N) is 2. The van der Waals surface area contributed by atoms with E-state index in [2.05, 4.69) is 10.6 Å². The number of carbonyl (C=O) groups excluding carboxylic acids is 1. The number of thiophene rings is 1. The second-order valence-corrected chi connectivity index (χ2v) is 5.20. The van der Waals surface area contributed by atoms with Crippen molar-refractivity contribution >= 4 is 27.9 Å². The molecule has 0 radical (unpaired) electrons. The van der Waals surface area contributed by atoms with Crippen LogP contribution in [0.15, 0.2) is 0 Å². The lowest BCUT2D eigenvalue weighted by Crippen LogP contribution is -2.23. The first-order valence-electron chi connectivity index (χ1n) is 6.06. The Morgan fingerprint density at radius 3 is 2.67 bits per heavy atom. The molecule has 1 amide bonds. The first kappa shape index (κ1) is 14.6. The maximum absolute atomic E-state index is 11.9. The minimum absolute atomic E-state index is 0.0144. The summed E-state index contributed by atoms with van der Waals surface area (Å²) in [5.41, 5.74) is 6.39. The van der Waals surface area contributed by atoms with Gasteiger partial charge in [0.25, 0.3) is 5.91 Å². The van der Waals surface area contributed by atoms with Gasteiger partial charge < -0.3 is 21.1 Å². The third-order valence-electron chi connectivity index (χ3n) is 2.22. The lowest BCUT2D eigenvalue weighted by molar-refractivity contribution is 0.0958. The zero-order valence-electron chi connectivity index (χ0n) is 11.3. The smallest absolute Gasteiger partial charge is 0.263 e. The molecular weight excluding hydrogens is 250 g/mol. The van der Waals surface area contributed by atoms with Gasteiger partial charge in [0.15, 0.2) is 5.75 Å². The third kappa shape index (κ3) is 3.29. The molecule has 102 valence electrons. The minimum Gasteiger partial charge on any atom is -0.486 e. The minimum atomic E-state index is -0.144. The second kappa shape index (κ2) is 6.49. The van der Waals surface area contributed by atoms with Crippen molar-refractivity contribution in [2.45, 2.75) is 33.3 Å². The van der Waals surface area contributed by atoms with Crippen LogP contribution in [-0.2, 0) is 0 Å². The van der Waals surface area contributed by atoms with Gasteiger partial charge in [-0.25, -0.2) is 0 Å². The number of carbonyl (C=O) groups is 1. The highest BCUT2D eigenvalue weighted by molar-refractivity contribution is 7.19. The van der Waals surface area contributed by atoms with E-state index >= 15 is 0 Å². The summed E-state index contributed by atoms with van der Waals surface area (Å²) in [6.45, 7) is 6.50. The molecular formula is C12H21N3O2S. The van der Waals surface area contributed by atoms with Gasteiger partial charge in [0.1, 0.15) is 15.6 Å². The highest BCUT2D eigenvalue weighted by atomic mass is 32.1. The molecule has 5 nitrogen and oxygen atoms in total. The number of ether oxygens (including phenoxy) is 1. The summed E-state index contributed by atoms with van der Waals surface area (Å²) in [7, 11) is 1.78. The summed E-state index contributed by atoms with van der Waals surface area (Å²) in [6.07, 6.45) is 0.909. The second-order valence-electron chi connectivity index (χ2n) is 4.18. The maximum Gasteiger partial charge on any atom is 0.263 e. The van der Waals surface area contributed by atoms with Crippen molar-refractivity contribution in [1.29, 1.82) is 0 Å². The van der Waals surface area contributed by atoms with E-state index in [0.717, 1.165) is 11.4 Å². The van der Waals surface area contributed by atoms with Gasteiger partial charge in [-0.2, -0.15) is 0 Å². The largest absolute Gasteiger partial charge is 0.486 e. The fourth-order valence-electron chi connectivity index (χ4n) is 1.43. The molecule has 0 fully saturated rings. The normalized spacial score (nSPS) is 10.5. The van der Waals surface area contributed by atoms with Crippen LogP contribution in [0.2, 0.25) is 0 Å². The lowest BCUT2D eigenvalue weighted by Gasteiger charge is -2.11. The first-order chi connectivity index (χ1) is 8.51. The van der Waals surface area contributed by atoms with E-state index in [1.807, 2.05) is 20.8 Å². The Kier molecular flexibility index (Phi) is 5.27. The van der Waals surface area contributed by atoms with Crippen molar-refractivity contribution in [1.82, 2.24) is 5.32 Å². The van der Waals surface area contributed by atoms with Crippen molar-refractivity contribution in [2.24, 2.45) is 0 Å². The van der Waals surface area contributed by atoms with E-state index < -0.39 is 0 Å². The molecule has 0 saturated heterocycles. The van der Waals surface area contributed by atoms with Crippen LogP contribution >= 0.6 is 11.3 Å². The standard InChI is InChI=1S/C12H21N3O2S/c1-5-6-15-11(16)10-8(13)9(17-7(2)3)12(14-4)18-10/h7,14H,5-6,13H2,1-4H3,(H,15,16). The molecule has 4 N–H and O–H groups in total. The number of rotatable bonds is 6. The van der Waals surface area contributed by atoms with Gasteiger partial charge >= 0.3 is 0 Å². The van der Waals surface area contributed by atoms with Crippen molar-refractivity contribution in [3.63, 3.8) is 0 Å². The van der Waals surface area contributed by atoms with Crippen molar-refractivity contribution in [2.75, 3.05) is 24.6 Å². The van der Waals surface area contributed by atoms with Gasteiger partial charge in [-0.05, 0) is 20.3 Å². The average Bonchev–Trinajstić information content (AvgIpc) is 2.63. The molecule has 0 atom stereocenters. The van der Waals surface area contributed by atoms with E-state index in [-0.39, 0.29) is 12.0 Å². The summed E-state index contributed by atoms with van der Waals surface area (Å²) in [5, 5.41) is 6.60. The van der Waals surface area contributed by atoms with Gasteiger partial charge in [0.05, 0.1) is 6.10 Å². The van der Waals surface area contributed by atoms with Crippen molar-refractivity contribution in [3.8, 4) is 5.75 Å². The summed E-state index contributed by atoms with van der Waals surface area (Å²) in [4.78, 5) is 12.4. The molecule has 0 aliphatic rings. The van der Waals surface area contributed by atoms with Crippen molar-refractivity contribution in [3.05, 3.63) is 4.88 Å². The topological polar surface area (TPSA) is 76.4 Å². The predicted molar refractivity (Wildman–Crippen MR) is 76.7 cm³/mol. The van der Waals surface area contributed by atoms with Crippen LogP contribution in [0.3, 0.4) is 0 Å². The Balaban J connectivity index is 3.00. The van der Waals surface area contributed by atoms with Crippen LogP contribution in [-0.4, -0.2) is 25.6 Å². The Bertz CT molecular complexity index is 416. The molecule has 0 unspecified atom stereocenters. The van der Waals surface area contributed by atoms with E-state index in [0.29, 0.717) is 22.9 Å². The Hall–Kier alpha value is -1.43. The van der Waals surface area contributed by atoms with Crippen LogP contribution in [0.5, 0.6) is 5.75 Å². The van der Waals surface area contributed by atoms with Gasteiger partial charge in [-0.15, -0.1) is 11.3 Å². The maximum atomic E-state index is 11.9. The van der Waals surface area contributed by atoms with Crippen LogP contribution in [0.25, 0.3) is 0 Å². The SMILES string of the molecule is CCCNC(=O)c1sc(NC)c(OC(C)C)c1N. The van der Waals surface area contributed by atoms with Crippen LogP contribution < -0.4 is 21.1 Å². The van der Waals surface area contributed by atoms with Gasteiger partial charge in [-0.3, -0.25) is 4.79 Å². The molecule has 1 rings (SSSR count). The molecule has 0 spiro atoms. The number of nitrogen functional groups attached to an aromatic ring is 1. The first-order valence-corrected chi connectivity index (χ1v) is 6.87. The van der Waals surface area contributed by atoms with E-state index in [9.17, 15) is 4.79 Å². The highest BCUT2D eigenvalue weighted by Gasteiger charge is 2.22. The molecule has 0 saturated carbocycles. The highest BCUT2D eigenvalue weighted by Crippen LogP contribution is 2.42. The average molecular weight is 271 g/mol. The summed E-state index contributed by atoms with van der Waals surface area (Å²) >= 11 is 1.31. The molecule has 1 aromatic heterocycles. The number of amides is 1. The number of hydrogen-bond acceptors (Lipinski definition) is 5. The quantitative estimate of drug-likeness (QED) is 0.742. The molecule has 6 heteroatoms. The van der Waals surface area contributed by atoms with Crippen molar-refractivity contribution < 1.29 is 9.53 Å². The monoisotopic (exact) mass is 271 g/mol. The molecule has 1 heterocycles. The molecule has 1 aromatic rings. The molecule has 18 heavy (non-hydrogen) atoms. The summed E-state index contributed by atoms with van der Waals surface area (Å²) < 4.78 is 5.65. The number of nitrogens with two attached hydrogens (primary N) is 1. The van der Waals surface area contributed by atoms with Crippen LogP contribution in [0.4, 0.5) is 10.7 Å². The zero-order valence-corrected chi connectivity index (χ0v) is 12.1. The summed E-state index contributed by atoms with van der Waals surface area (Å²) in [5.74, 6) is 0.425. The van der Waals surface area contributed by atoms with E-state index in [4.69, 9.17) is 10.5 Å². The van der Waals surface area contributed by atoms with Gasteiger partial charge in [-0.1, -0.05) is 6.92 Å². The lowest BCUT2D eigenvalue weighted by atomic mass is 10.3.